The van der Waals surface area contributed by atoms with E-state index in [4.69, 9.17) is 16.3 Å². The molecule has 1 aromatic heterocycles. The van der Waals surface area contributed by atoms with Crippen molar-refractivity contribution in [2.45, 2.75) is 19.5 Å². The number of amides is 1. The first kappa shape index (κ1) is 18.0. The topological polar surface area (TPSA) is 56.1 Å². The molecule has 5 nitrogen and oxygen atoms in total. The van der Waals surface area contributed by atoms with Gasteiger partial charge in [0, 0.05) is 23.3 Å². The molecule has 0 atom stereocenters. The Bertz CT molecular complexity index is 832. The maximum absolute atomic E-state index is 11.9. The molecule has 3 aromatic rings. The van der Waals surface area contributed by atoms with Crippen molar-refractivity contribution in [2.75, 3.05) is 6.61 Å². The van der Waals surface area contributed by atoms with Gasteiger partial charge in [0.05, 0.1) is 25.8 Å². The van der Waals surface area contributed by atoms with Crippen LogP contribution in [0.25, 0.3) is 0 Å². The maximum atomic E-state index is 11.9. The lowest BCUT2D eigenvalue weighted by molar-refractivity contribution is -0.121. The van der Waals surface area contributed by atoms with E-state index in [1.54, 1.807) is 30.5 Å². The van der Waals surface area contributed by atoms with Gasteiger partial charge < -0.3 is 10.1 Å². The number of carbonyl (C=O) groups is 1. The molecule has 0 saturated carbocycles. The average Bonchev–Trinajstić information content (AvgIpc) is 3.10. The number of carbonyl (C=O) groups excluding carboxylic acids is 1. The van der Waals surface area contributed by atoms with Gasteiger partial charge in [0.1, 0.15) is 5.75 Å². The van der Waals surface area contributed by atoms with Crippen molar-refractivity contribution >= 4 is 17.5 Å². The molecule has 1 amide bonds. The highest BCUT2D eigenvalue weighted by Gasteiger charge is 2.04. The summed E-state index contributed by atoms with van der Waals surface area (Å²) in [5.74, 6) is 0.638. The first-order chi connectivity index (χ1) is 12.7. The van der Waals surface area contributed by atoms with Crippen LogP contribution in [0, 0.1) is 0 Å². The molecule has 0 spiro atoms. The normalized spacial score (nSPS) is 10.5. The first-order valence-corrected chi connectivity index (χ1v) is 8.77. The molecule has 6 heteroatoms. The van der Waals surface area contributed by atoms with Gasteiger partial charge in [0.2, 0.25) is 5.91 Å². The zero-order chi connectivity index (χ0) is 18.2. The van der Waals surface area contributed by atoms with E-state index in [0.29, 0.717) is 36.9 Å². The summed E-state index contributed by atoms with van der Waals surface area (Å²) in [6.07, 6.45) is 4.01. The summed E-state index contributed by atoms with van der Waals surface area (Å²) in [7, 11) is 0. The third-order valence-electron chi connectivity index (χ3n) is 3.78. The number of benzene rings is 2. The van der Waals surface area contributed by atoms with E-state index in [9.17, 15) is 4.79 Å². The van der Waals surface area contributed by atoms with Crippen LogP contribution in [0.1, 0.15) is 17.5 Å². The molecule has 1 N–H and O–H groups in total. The molecular formula is C20H20ClN3O2. The summed E-state index contributed by atoms with van der Waals surface area (Å²) in [4.78, 5) is 11.9. The Morgan fingerprint density at radius 1 is 1.08 bits per heavy atom. The van der Waals surface area contributed by atoms with Gasteiger partial charge in [0.25, 0.3) is 0 Å². The van der Waals surface area contributed by atoms with Crippen LogP contribution in [0.5, 0.6) is 5.75 Å². The quantitative estimate of drug-likeness (QED) is 0.659. The van der Waals surface area contributed by atoms with Gasteiger partial charge in [0.15, 0.2) is 0 Å². The standard InChI is InChI=1S/C20H20ClN3O2/c21-18-6-8-19(9-7-18)26-11-10-20(25)22-12-17-13-23-24(15-17)14-16-4-2-1-3-5-16/h1-9,13,15H,10-12,14H2,(H,22,25). The van der Waals surface area contributed by atoms with E-state index in [0.717, 1.165) is 5.56 Å². The number of hydrogen-bond acceptors (Lipinski definition) is 3. The maximum Gasteiger partial charge on any atom is 0.223 e. The van der Waals surface area contributed by atoms with Crippen molar-refractivity contribution in [3.63, 3.8) is 0 Å². The molecule has 0 fully saturated rings. The van der Waals surface area contributed by atoms with E-state index in [1.165, 1.54) is 5.56 Å². The minimum Gasteiger partial charge on any atom is -0.493 e. The highest BCUT2D eigenvalue weighted by molar-refractivity contribution is 6.30. The second kappa shape index (κ2) is 9.06. The van der Waals surface area contributed by atoms with Gasteiger partial charge in [-0.3, -0.25) is 9.48 Å². The Labute approximate surface area is 157 Å². The fourth-order valence-electron chi connectivity index (χ4n) is 2.44. The van der Waals surface area contributed by atoms with Crippen molar-refractivity contribution in [1.29, 1.82) is 0 Å². The molecule has 26 heavy (non-hydrogen) atoms. The number of halogens is 1. The Hall–Kier alpha value is -2.79. The Morgan fingerprint density at radius 2 is 1.85 bits per heavy atom. The van der Waals surface area contributed by atoms with Crippen molar-refractivity contribution in [1.82, 2.24) is 15.1 Å². The van der Waals surface area contributed by atoms with Crippen LogP contribution in [0.2, 0.25) is 5.02 Å². The second-order valence-corrected chi connectivity index (χ2v) is 6.30. The predicted molar refractivity (Wildman–Crippen MR) is 101 cm³/mol. The highest BCUT2D eigenvalue weighted by atomic mass is 35.5. The molecular weight excluding hydrogens is 350 g/mol. The summed E-state index contributed by atoms with van der Waals surface area (Å²) in [6, 6.07) is 17.2. The van der Waals surface area contributed by atoms with Crippen LogP contribution < -0.4 is 10.1 Å². The Morgan fingerprint density at radius 3 is 2.62 bits per heavy atom. The number of hydrogen-bond donors (Lipinski definition) is 1. The monoisotopic (exact) mass is 369 g/mol. The van der Waals surface area contributed by atoms with E-state index in [2.05, 4.69) is 22.5 Å². The highest BCUT2D eigenvalue weighted by Crippen LogP contribution is 2.15. The molecule has 1 heterocycles. The fraction of sp³-hybridized carbons (Fsp3) is 0.200. The number of nitrogens with zero attached hydrogens (tertiary/aromatic N) is 2. The lowest BCUT2D eigenvalue weighted by atomic mass is 10.2. The molecule has 3 rings (SSSR count). The van der Waals surface area contributed by atoms with Gasteiger partial charge in [-0.15, -0.1) is 0 Å². The summed E-state index contributed by atoms with van der Waals surface area (Å²) in [5, 5.41) is 7.86. The molecule has 0 aliphatic carbocycles. The smallest absolute Gasteiger partial charge is 0.223 e. The second-order valence-electron chi connectivity index (χ2n) is 5.86. The van der Waals surface area contributed by atoms with Gasteiger partial charge in [-0.25, -0.2) is 0 Å². The molecule has 0 unspecified atom stereocenters. The molecule has 0 saturated heterocycles. The number of aromatic nitrogens is 2. The zero-order valence-corrected chi connectivity index (χ0v) is 15.0. The predicted octanol–water partition coefficient (Wildman–Crippen LogP) is 3.67. The van der Waals surface area contributed by atoms with E-state index in [-0.39, 0.29) is 5.91 Å². The van der Waals surface area contributed by atoms with Gasteiger partial charge in [-0.05, 0) is 29.8 Å². The van der Waals surface area contributed by atoms with E-state index >= 15 is 0 Å². The number of ether oxygens (including phenoxy) is 1. The largest absolute Gasteiger partial charge is 0.493 e. The zero-order valence-electron chi connectivity index (χ0n) is 14.3. The molecule has 2 aromatic carbocycles. The average molecular weight is 370 g/mol. The van der Waals surface area contributed by atoms with Crippen LogP contribution in [0.4, 0.5) is 0 Å². The van der Waals surface area contributed by atoms with Gasteiger partial charge >= 0.3 is 0 Å². The molecule has 0 aliphatic heterocycles. The van der Waals surface area contributed by atoms with Crippen LogP contribution in [-0.4, -0.2) is 22.3 Å². The first-order valence-electron chi connectivity index (χ1n) is 8.39. The number of rotatable bonds is 8. The third kappa shape index (κ3) is 5.63. The lowest BCUT2D eigenvalue weighted by Crippen LogP contribution is -2.24. The summed E-state index contributed by atoms with van der Waals surface area (Å²) >= 11 is 5.82. The Kier molecular flexibility index (Phi) is 6.28. The van der Waals surface area contributed by atoms with Crippen molar-refractivity contribution in [2.24, 2.45) is 0 Å². The minimum absolute atomic E-state index is 0.0604. The van der Waals surface area contributed by atoms with E-state index < -0.39 is 0 Å². The number of nitrogens with one attached hydrogen (secondary N) is 1. The minimum atomic E-state index is -0.0604. The van der Waals surface area contributed by atoms with Crippen LogP contribution in [0.3, 0.4) is 0 Å². The van der Waals surface area contributed by atoms with Crippen molar-refractivity contribution < 1.29 is 9.53 Å². The summed E-state index contributed by atoms with van der Waals surface area (Å²) in [5.41, 5.74) is 2.15. The van der Waals surface area contributed by atoms with Crippen LogP contribution in [-0.2, 0) is 17.9 Å². The summed E-state index contributed by atoms with van der Waals surface area (Å²) in [6.45, 7) is 1.49. The van der Waals surface area contributed by atoms with Gasteiger partial charge in [-0.2, -0.15) is 5.10 Å². The van der Waals surface area contributed by atoms with Crippen molar-refractivity contribution in [3.05, 3.63) is 83.1 Å². The van der Waals surface area contributed by atoms with Crippen molar-refractivity contribution in [3.8, 4) is 5.75 Å². The molecule has 0 radical (unpaired) electrons. The SMILES string of the molecule is O=C(CCOc1ccc(Cl)cc1)NCc1cnn(Cc2ccccc2)c1. The van der Waals surface area contributed by atoms with Crippen LogP contribution in [0.15, 0.2) is 67.0 Å². The van der Waals surface area contributed by atoms with E-state index in [1.807, 2.05) is 29.1 Å². The molecule has 134 valence electrons. The third-order valence-corrected chi connectivity index (χ3v) is 4.03. The Balaban J connectivity index is 1.38. The van der Waals surface area contributed by atoms with Gasteiger partial charge in [-0.1, -0.05) is 41.9 Å². The summed E-state index contributed by atoms with van der Waals surface area (Å²) < 4.78 is 7.38. The molecule has 0 aliphatic rings. The lowest BCUT2D eigenvalue weighted by Gasteiger charge is -2.06. The fourth-order valence-corrected chi connectivity index (χ4v) is 2.56. The molecule has 0 bridgehead atoms. The van der Waals surface area contributed by atoms with Crippen LogP contribution >= 0.6 is 11.6 Å².